The van der Waals surface area contributed by atoms with Gasteiger partial charge in [0.1, 0.15) is 0 Å². The largest absolute Gasteiger partial charge is 0.352 e. The molecular weight excluding hydrogens is 358 g/mol. The lowest BCUT2D eigenvalue weighted by molar-refractivity contribution is 0.0954. The van der Waals surface area contributed by atoms with E-state index in [2.05, 4.69) is 26.2 Å². The Bertz CT molecular complexity index is 700. The van der Waals surface area contributed by atoms with E-state index in [0.29, 0.717) is 29.4 Å². The first-order valence-electron chi connectivity index (χ1n) is 6.34. The van der Waals surface area contributed by atoms with E-state index in [1.807, 2.05) is 19.1 Å². The summed E-state index contributed by atoms with van der Waals surface area (Å²) in [6.45, 7) is 2.37. The summed E-state index contributed by atoms with van der Waals surface area (Å²) in [6, 6.07) is 6.73. The number of H-pyrrole nitrogens is 1. The van der Waals surface area contributed by atoms with Crippen LogP contribution in [0, 0.1) is 0 Å². The number of fused-ring (bicyclic) bond motifs is 1. The Hall–Kier alpha value is -1.37. The number of rotatable bonds is 4. The fraction of sp³-hybridized carbons (Fsp3) is 0.286. The molecule has 0 aliphatic carbocycles. The van der Waals surface area contributed by atoms with Crippen molar-refractivity contribution < 1.29 is 4.79 Å². The van der Waals surface area contributed by atoms with E-state index >= 15 is 0 Å². The van der Waals surface area contributed by atoms with Crippen LogP contribution in [0.15, 0.2) is 33.5 Å². The third-order valence-corrected chi connectivity index (χ3v) is 3.43. The van der Waals surface area contributed by atoms with Gasteiger partial charge in [0.2, 0.25) is 5.56 Å². The first-order chi connectivity index (χ1) is 9.47. The molecule has 4 N–H and O–H groups in total. The zero-order valence-electron chi connectivity index (χ0n) is 11.5. The molecule has 1 aromatic heterocycles. The van der Waals surface area contributed by atoms with Crippen molar-refractivity contribution in [1.82, 2.24) is 10.3 Å². The van der Waals surface area contributed by atoms with Crippen LogP contribution in [0.3, 0.4) is 0 Å². The van der Waals surface area contributed by atoms with Crippen molar-refractivity contribution >= 4 is 45.1 Å². The summed E-state index contributed by atoms with van der Waals surface area (Å²) in [7, 11) is 0. The Labute approximate surface area is 136 Å². The number of aromatic amines is 1. The Kier molecular flexibility index (Phi) is 6.39. The molecule has 0 spiro atoms. The second-order valence-electron chi connectivity index (χ2n) is 4.76. The Morgan fingerprint density at radius 3 is 2.81 bits per heavy atom. The molecule has 5 nitrogen and oxygen atoms in total. The zero-order valence-corrected chi connectivity index (χ0v) is 13.9. The van der Waals surface area contributed by atoms with Crippen molar-refractivity contribution in [3.05, 3.63) is 44.7 Å². The van der Waals surface area contributed by atoms with Gasteiger partial charge in [0.15, 0.2) is 0 Å². The molecule has 0 fully saturated rings. The molecule has 0 bridgehead atoms. The van der Waals surface area contributed by atoms with Crippen LogP contribution >= 0.6 is 28.3 Å². The number of benzene rings is 1. The summed E-state index contributed by atoms with van der Waals surface area (Å²) in [4.78, 5) is 26.5. The minimum absolute atomic E-state index is 0. The van der Waals surface area contributed by atoms with Gasteiger partial charge in [-0.1, -0.05) is 15.9 Å². The van der Waals surface area contributed by atoms with Gasteiger partial charge in [-0.25, -0.2) is 0 Å². The molecule has 1 heterocycles. The van der Waals surface area contributed by atoms with E-state index in [9.17, 15) is 9.59 Å². The molecule has 7 heteroatoms. The maximum Gasteiger partial charge on any atom is 0.252 e. The van der Waals surface area contributed by atoms with Crippen molar-refractivity contribution in [3.8, 4) is 0 Å². The SMILES string of the molecule is CC(N)CCNC(=O)c1cc(=O)[nH]c2ccc(Br)cc12.Cl. The van der Waals surface area contributed by atoms with Gasteiger partial charge in [-0.05, 0) is 31.5 Å². The van der Waals surface area contributed by atoms with E-state index in [4.69, 9.17) is 5.73 Å². The number of aromatic nitrogens is 1. The maximum absolute atomic E-state index is 12.2. The van der Waals surface area contributed by atoms with E-state index in [1.54, 1.807) is 6.07 Å². The fourth-order valence-corrected chi connectivity index (χ4v) is 2.28. The minimum atomic E-state index is -0.294. The van der Waals surface area contributed by atoms with Gasteiger partial charge in [-0.15, -0.1) is 12.4 Å². The van der Waals surface area contributed by atoms with E-state index in [-0.39, 0.29) is 29.9 Å². The summed E-state index contributed by atoms with van der Waals surface area (Å²) >= 11 is 3.37. The molecule has 1 aromatic carbocycles. The second kappa shape index (κ2) is 7.59. The Balaban J connectivity index is 0.00000220. The average Bonchev–Trinajstić information content (AvgIpc) is 2.37. The van der Waals surface area contributed by atoms with E-state index in [1.165, 1.54) is 6.07 Å². The predicted molar refractivity (Wildman–Crippen MR) is 90.1 cm³/mol. The van der Waals surface area contributed by atoms with Gasteiger partial charge in [0, 0.05) is 34.0 Å². The lowest BCUT2D eigenvalue weighted by Gasteiger charge is -2.09. The van der Waals surface area contributed by atoms with Gasteiger partial charge in [0.05, 0.1) is 5.56 Å². The lowest BCUT2D eigenvalue weighted by Crippen LogP contribution is -2.29. The fourth-order valence-electron chi connectivity index (χ4n) is 1.92. The molecule has 2 rings (SSSR count). The molecule has 114 valence electrons. The van der Waals surface area contributed by atoms with E-state index < -0.39 is 0 Å². The van der Waals surface area contributed by atoms with Crippen molar-refractivity contribution in [2.75, 3.05) is 6.54 Å². The number of nitrogens with two attached hydrogens (primary N) is 1. The molecule has 0 saturated heterocycles. The minimum Gasteiger partial charge on any atom is -0.352 e. The maximum atomic E-state index is 12.2. The number of carbonyl (C=O) groups is 1. The first kappa shape index (κ1) is 17.7. The lowest BCUT2D eigenvalue weighted by atomic mass is 10.1. The molecule has 21 heavy (non-hydrogen) atoms. The molecule has 2 aromatic rings. The number of hydrogen-bond acceptors (Lipinski definition) is 3. The van der Waals surface area contributed by atoms with Crippen LogP contribution < -0.4 is 16.6 Å². The van der Waals surface area contributed by atoms with Crippen molar-refractivity contribution in [3.63, 3.8) is 0 Å². The summed E-state index contributed by atoms with van der Waals surface area (Å²) in [5.41, 5.74) is 6.35. The van der Waals surface area contributed by atoms with Crippen molar-refractivity contribution in [2.45, 2.75) is 19.4 Å². The van der Waals surface area contributed by atoms with Crippen LogP contribution in [-0.2, 0) is 0 Å². The standard InChI is InChI=1S/C14H16BrN3O2.ClH/c1-8(16)4-5-17-14(20)11-7-13(19)18-12-3-2-9(15)6-10(11)12;/h2-3,6-8H,4-5,16H2,1H3,(H,17,20)(H,18,19);1H. The third kappa shape index (κ3) is 4.56. The summed E-state index contributed by atoms with van der Waals surface area (Å²) in [5, 5.41) is 3.49. The van der Waals surface area contributed by atoms with E-state index in [0.717, 1.165) is 4.47 Å². The first-order valence-corrected chi connectivity index (χ1v) is 7.13. The predicted octanol–water partition coefficient (Wildman–Crippen LogP) is 2.18. The van der Waals surface area contributed by atoms with Crippen LogP contribution in [0.2, 0.25) is 0 Å². The molecule has 0 aliphatic rings. The number of halogens is 2. The third-order valence-electron chi connectivity index (χ3n) is 2.93. The normalized spacial score (nSPS) is 11.8. The zero-order chi connectivity index (χ0) is 14.7. The van der Waals surface area contributed by atoms with Crippen LogP contribution in [0.4, 0.5) is 0 Å². The summed E-state index contributed by atoms with van der Waals surface area (Å²) in [6.07, 6.45) is 0.691. The molecule has 0 radical (unpaired) electrons. The highest BCUT2D eigenvalue weighted by Gasteiger charge is 2.12. The molecule has 1 unspecified atom stereocenters. The summed E-state index contributed by atoms with van der Waals surface area (Å²) < 4.78 is 0.849. The number of pyridine rings is 1. The van der Waals surface area contributed by atoms with Gasteiger partial charge < -0.3 is 16.0 Å². The van der Waals surface area contributed by atoms with Crippen LogP contribution in [0.25, 0.3) is 10.9 Å². The number of nitrogens with one attached hydrogen (secondary N) is 2. The quantitative estimate of drug-likeness (QED) is 0.766. The number of carbonyl (C=O) groups excluding carboxylic acids is 1. The molecule has 1 atom stereocenters. The van der Waals surface area contributed by atoms with Gasteiger partial charge in [0.25, 0.3) is 5.91 Å². The molecule has 0 aliphatic heterocycles. The highest BCUT2D eigenvalue weighted by Crippen LogP contribution is 2.20. The molecular formula is C14H17BrClN3O2. The van der Waals surface area contributed by atoms with Crippen LogP contribution in [0.1, 0.15) is 23.7 Å². The molecule has 1 amide bonds. The number of amides is 1. The monoisotopic (exact) mass is 373 g/mol. The Morgan fingerprint density at radius 2 is 2.14 bits per heavy atom. The smallest absolute Gasteiger partial charge is 0.252 e. The highest BCUT2D eigenvalue weighted by molar-refractivity contribution is 9.10. The average molecular weight is 375 g/mol. The van der Waals surface area contributed by atoms with Crippen molar-refractivity contribution in [2.24, 2.45) is 5.73 Å². The molecule has 0 saturated carbocycles. The topological polar surface area (TPSA) is 88.0 Å². The second-order valence-corrected chi connectivity index (χ2v) is 5.67. The van der Waals surface area contributed by atoms with Gasteiger partial charge >= 0.3 is 0 Å². The van der Waals surface area contributed by atoms with Crippen molar-refractivity contribution in [1.29, 1.82) is 0 Å². The van der Waals surface area contributed by atoms with Gasteiger partial charge in [-0.2, -0.15) is 0 Å². The number of hydrogen-bond donors (Lipinski definition) is 3. The van der Waals surface area contributed by atoms with Gasteiger partial charge in [-0.3, -0.25) is 9.59 Å². The van der Waals surface area contributed by atoms with Crippen LogP contribution in [0.5, 0.6) is 0 Å². The highest BCUT2D eigenvalue weighted by atomic mass is 79.9. The summed E-state index contributed by atoms with van der Waals surface area (Å²) in [5.74, 6) is -0.264. The van der Waals surface area contributed by atoms with Crippen LogP contribution in [-0.4, -0.2) is 23.5 Å². The Morgan fingerprint density at radius 1 is 1.43 bits per heavy atom.